The molecule has 2 aliphatic heterocycles. The van der Waals surface area contributed by atoms with Crippen molar-refractivity contribution < 1.29 is 13.9 Å². The number of hydrogen-bond acceptors (Lipinski definition) is 5. The van der Waals surface area contributed by atoms with Crippen LogP contribution in [0.25, 0.3) is 22.1 Å². The SMILES string of the molecule is CC1(c2ccccc2)N=C(c2ccc(-c3ccc4occc4c3)cc2)N(CC2CCN(COCC3CC3)C2)C1=O. The van der Waals surface area contributed by atoms with Crippen LogP contribution in [0.5, 0.6) is 0 Å². The van der Waals surface area contributed by atoms with E-state index in [-0.39, 0.29) is 5.91 Å². The molecule has 2 fully saturated rings. The summed E-state index contributed by atoms with van der Waals surface area (Å²) in [6.45, 7) is 6.14. The molecule has 1 saturated heterocycles. The number of amidine groups is 1. The minimum absolute atomic E-state index is 0.0478. The predicted octanol–water partition coefficient (Wildman–Crippen LogP) is 6.31. The Hall–Kier alpha value is -3.74. The second-order valence-electron chi connectivity index (χ2n) is 11.7. The lowest BCUT2D eigenvalue weighted by molar-refractivity contribution is -0.131. The second-order valence-corrected chi connectivity index (χ2v) is 11.7. The minimum Gasteiger partial charge on any atom is -0.464 e. The zero-order chi connectivity index (χ0) is 27.1. The summed E-state index contributed by atoms with van der Waals surface area (Å²) in [6.07, 6.45) is 5.39. The van der Waals surface area contributed by atoms with Crippen LogP contribution >= 0.6 is 0 Å². The summed E-state index contributed by atoms with van der Waals surface area (Å²) >= 11 is 0. The van der Waals surface area contributed by atoms with Gasteiger partial charge in [0.15, 0.2) is 5.54 Å². The van der Waals surface area contributed by atoms with Crippen LogP contribution in [0, 0.1) is 11.8 Å². The van der Waals surface area contributed by atoms with Crippen molar-refractivity contribution in [1.82, 2.24) is 9.80 Å². The van der Waals surface area contributed by atoms with E-state index in [0.717, 1.165) is 71.1 Å². The van der Waals surface area contributed by atoms with Crippen LogP contribution in [0.4, 0.5) is 0 Å². The van der Waals surface area contributed by atoms with Gasteiger partial charge in [-0.1, -0.05) is 60.7 Å². The molecule has 204 valence electrons. The quantitative estimate of drug-likeness (QED) is 0.253. The molecule has 0 spiro atoms. The molecule has 3 aromatic carbocycles. The van der Waals surface area contributed by atoms with Gasteiger partial charge in [0.2, 0.25) is 0 Å². The number of hydrogen-bond donors (Lipinski definition) is 0. The van der Waals surface area contributed by atoms with E-state index in [4.69, 9.17) is 14.1 Å². The Morgan fingerprint density at radius 1 is 0.925 bits per heavy atom. The monoisotopic (exact) mass is 533 g/mol. The van der Waals surface area contributed by atoms with Crippen LogP contribution < -0.4 is 0 Å². The first kappa shape index (κ1) is 25.2. The van der Waals surface area contributed by atoms with Crippen LogP contribution in [0.3, 0.4) is 0 Å². The number of ether oxygens (including phenoxy) is 1. The van der Waals surface area contributed by atoms with E-state index >= 15 is 0 Å². The Kier molecular flexibility index (Phi) is 6.53. The van der Waals surface area contributed by atoms with Gasteiger partial charge in [0, 0.05) is 30.6 Å². The van der Waals surface area contributed by atoms with Crippen LogP contribution in [0.2, 0.25) is 0 Å². The molecule has 3 heterocycles. The Balaban J connectivity index is 1.14. The smallest absolute Gasteiger partial charge is 0.260 e. The van der Waals surface area contributed by atoms with E-state index in [1.165, 1.54) is 12.8 Å². The van der Waals surface area contributed by atoms with E-state index in [1.54, 1.807) is 6.26 Å². The summed E-state index contributed by atoms with van der Waals surface area (Å²) in [7, 11) is 0. The maximum absolute atomic E-state index is 14.1. The van der Waals surface area contributed by atoms with Gasteiger partial charge in [-0.05, 0) is 72.9 Å². The first-order valence-corrected chi connectivity index (χ1v) is 14.4. The summed E-state index contributed by atoms with van der Waals surface area (Å²) in [5, 5.41) is 1.08. The van der Waals surface area contributed by atoms with E-state index in [0.29, 0.717) is 19.2 Å². The zero-order valence-corrected chi connectivity index (χ0v) is 23.0. The summed E-state index contributed by atoms with van der Waals surface area (Å²) < 4.78 is 11.4. The average Bonchev–Trinajstić information content (AvgIpc) is 3.39. The highest BCUT2D eigenvalue weighted by atomic mass is 16.5. The van der Waals surface area contributed by atoms with Crippen molar-refractivity contribution in [2.24, 2.45) is 16.8 Å². The molecule has 3 aliphatic rings. The molecule has 1 aliphatic carbocycles. The third-order valence-corrected chi connectivity index (χ3v) is 8.65. The number of nitrogens with zero attached hydrogens (tertiary/aromatic N) is 3. The van der Waals surface area contributed by atoms with Gasteiger partial charge in [-0.25, -0.2) is 4.99 Å². The van der Waals surface area contributed by atoms with Crippen LogP contribution in [-0.2, 0) is 15.1 Å². The third kappa shape index (κ3) is 4.87. The number of amides is 1. The van der Waals surface area contributed by atoms with E-state index in [1.807, 2.05) is 54.3 Å². The van der Waals surface area contributed by atoms with Crippen molar-refractivity contribution in [2.75, 3.05) is 33.0 Å². The Morgan fingerprint density at radius 3 is 2.50 bits per heavy atom. The highest BCUT2D eigenvalue weighted by Gasteiger charge is 2.47. The lowest BCUT2D eigenvalue weighted by Crippen LogP contribution is -2.42. The molecular weight excluding hydrogens is 498 g/mol. The minimum atomic E-state index is -0.937. The van der Waals surface area contributed by atoms with E-state index in [2.05, 4.69) is 41.3 Å². The molecule has 1 saturated carbocycles. The van der Waals surface area contributed by atoms with Crippen molar-refractivity contribution in [3.05, 3.63) is 96.3 Å². The number of carbonyl (C=O) groups excluding carboxylic acids is 1. The molecule has 6 heteroatoms. The number of fused-ring (bicyclic) bond motifs is 1. The van der Waals surface area contributed by atoms with Gasteiger partial charge in [0.05, 0.1) is 19.6 Å². The molecule has 0 bridgehead atoms. The van der Waals surface area contributed by atoms with Crippen molar-refractivity contribution in [3.8, 4) is 11.1 Å². The molecule has 1 amide bonds. The fourth-order valence-electron chi connectivity index (χ4n) is 6.05. The standard InChI is InChI=1S/C34H35N3O3/c1-34(30-5-3-2-4-6-30)33(38)37(21-25-15-17-36(20-25)23-39-22-24-7-8-24)32(35-34)27-11-9-26(10-12-27)28-13-14-31-29(19-28)16-18-40-31/h2-6,9-14,16,18-19,24-25H,7-8,15,17,20-23H2,1H3. The Labute approximate surface area is 235 Å². The highest BCUT2D eigenvalue weighted by molar-refractivity contribution is 6.15. The van der Waals surface area contributed by atoms with Crippen LogP contribution in [0.15, 0.2) is 94.5 Å². The van der Waals surface area contributed by atoms with Gasteiger partial charge in [0.25, 0.3) is 5.91 Å². The second kappa shape index (κ2) is 10.3. The molecule has 40 heavy (non-hydrogen) atoms. The molecule has 1 aromatic heterocycles. The molecular formula is C34H35N3O3. The molecule has 2 unspecified atom stereocenters. The van der Waals surface area contributed by atoms with Crippen molar-refractivity contribution in [3.63, 3.8) is 0 Å². The maximum atomic E-state index is 14.1. The lowest BCUT2D eigenvalue weighted by atomic mass is 9.92. The van der Waals surface area contributed by atoms with Crippen LogP contribution in [-0.4, -0.2) is 54.5 Å². The third-order valence-electron chi connectivity index (χ3n) is 8.65. The van der Waals surface area contributed by atoms with Gasteiger partial charge in [-0.15, -0.1) is 0 Å². The number of furan rings is 1. The normalized spacial score (nSPS) is 23.3. The number of rotatable bonds is 9. The van der Waals surface area contributed by atoms with E-state index < -0.39 is 5.54 Å². The number of benzene rings is 3. The summed E-state index contributed by atoms with van der Waals surface area (Å²) in [4.78, 5) is 23.5. The maximum Gasteiger partial charge on any atom is 0.260 e. The molecule has 0 radical (unpaired) electrons. The first-order chi connectivity index (χ1) is 19.6. The van der Waals surface area contributed by atoms with Crippen molar-refractivity contribution in [2.45, 2.75) is 31.7 Å². The molecule has 2 atom stereocenters. The molecule has 6 nitrogen and oxygen atoms in total. The Bertz CT molecular complexity index is 1540. The fourth-order valence-corrected chi connectivity index (χ4v) is 6.05. The zero-order valence-electron chi connectivity index (χ0n) is 23.0. The van der Waals surface area contributed by atoms with Crippen LogP contribution in [0.1, 0.15) is 37.3 Å². The summed E-state index contributed by atoms with van der Waals surface area (Å²) in [6, 6.07) is 26.6. The summed E-state index contributed by atoms with van der Waals surface area (Å²) in [5.41, 5.74) is 4.08. The van der Waals surface area contributed by atoms with Gasteiger partial charge in [0.1, 0.15) is 11.4 Å². The van der Waals surface area contributed by atoms with Gasteiger partial charge >= 0.3 is 0 Å². The molecule has 7 rings (SSSR count). The molecule has 4 aromatic rings. The number of carbonyl (C=O) groups is 1. The largest absolute Gasteiger partial charge is 0.464 e. The van der Waals surface area contributed by atoms with Gasteiger partial charge in [-0.3, -0.25) is 14.6 Å². The predicted molar refractivity (Wildman–Crippen MR) is 157 cm³/mol. The fraction of sp³-hybridized carbons (Fsp3) is 0.353. The van der Waals surface area contributed by atoms with Crippen molar-refractivity contribution >= 4 is 22.7 Å². The van der Waals surface area contributed by atoms with Gasteiger partial charge in [-0.2, -0.15) is 0 Å². The lowest BCUT2D eigenvalue weighted by Gasteiger charge is -2.26. The molecule has 0 N–H and O–H groups in total. The van der Waals surface area contributed by atoms with E-state index in [9.17, 15) is 4.79 Å². The highest BCUT2D eigenvalue weighted by Crippen LogP contribution is 2.37. The summed E-state index contributed by atoms with van der Waals surface area (Å²) in [5.74, 6) is 1.97. The average molecular weight is 534 g/mol. The Morgan fingerprint density at radius 2 is 1.70 bits per heavy atom. The first-order valence-electron chi connectivity index (χ1n) is 14.4. The van der Waals surface area contributed by atoms with Gasteiger partial charge < -0.3 is 9.15 Å². The topological polar surface area (TPSA) is 58.3 Å². The van der Waals surface area contributed by atoms with Crippen molar-refractivity contribution in [1.29, 1.82) is 0 Å². The number of likely N-dealkylation sites (tertiary alicyclic amines) is 1. The number of aliphatic imine (C=N–C) groups is 1.